The molecule has 0 aliphatic heterocycles. The van der Waals surface area contributed by atoms with Gasteiger partial charge >= 0.3 is 0 Å². The van der Waals surface area contributed by atoms with E-state index < -0.39 is 5.82 Å². The van der Waals surface area contributed by atoms with Crippen LogP contribution in [0.1, 0.15) is 22.5 Å². The smallest absolute Gasteiger partial charge is 0.164 e. The van der Waals surface area contributed by atoms with Crippen LogP contribution in [0.25, 0.3) is 0 Å². The van der Waals surface area contributed by atoms with Crippen LogP contribution in [0.5, 0.6) is 0 Å². The molecule has 0 unspecified atom stereocenters. The van der Waals surface area contributed by atoms with Gasteiger partial charge in [-0.3, -0.25) is 9.48 Å². The second-order valence-corrected chi connectivity index (χ2v) is 4.40. The molecule has 94 valence electrons. The van der Waals surface area contributed by atoms with Crippen molar-refractivity contribution in [3.63, 3.8) is 0 Å². The van der Waals surface area contributed by atoms with Crippen molar-refractivity contribution in [2.45, 2.75) is 12.8 Å². The van der Waals surface area contributed by atoms with Crippen molar-refractivity contribution >= 4 is 17.4 Å². The van der Waals surface area contributed by atoms with Gasteiger partial charge in [-0.15, -0.1) is 0 Å². The average molecular weight is 267 g/mol. The number of halogens is 2. The van der Waals surface area contributed by atoms with Gasteiger partial charge in [-0.2, -0.15) is 5.10 Å². The Kier molecular flexibility index (Phi) is 3.77. The molecule has 18 heavy (non-hydrogen) atoms. The fraction of sp³-hybridized carbons (Fsp3) is 0.231. The van der Waals surface area contributed by atoms with E-state index in [2.05, 4.69) is 5.10 Å². The van der Waals surface area contributed by atoms with Crippen molar-refractivity contribution in [2.24, 2.45) is 7.05 Å². The second kappa shape index (κ2) is 5.31. The highest BCUT2D eigenvalue weighted by molar-refractivity contribution is 6.33. The van der Waals surface area contributed by atoms with Gasteiger partial charge in [0.15, 0.2) is 5.78 Å². The van der Waals surface area contributed by atoms with Gasteiger partial charge in [-0.1, -0.05) is 11.6 Å². The van der Waals surface area contributed by atoms with E-state index >= 15 is 0 Å². The number of hydrogen-bond donors (Lipinski definition) is 0. The van der Waals surface area contributed by atoms with Crippen LogP contribution in [0.4, 0.5) is 4.39 Å². The highest BCUT2D eigenvalue weighted by atomic mass is 35.5. The Balaban J connectivity index is 2.06. The SMILES string of the molecule is Cn1nccc1CCC(=O)c1ccc(F)cc1Cl. The van der Waals surface area contributed by atoms with Crippen LogP contribution in [0.15, 0.2) is 30.5 Å². The van der Waals surface area contributed by atoms with Gasteiger partial charge in [0.1, 0.15) is 5.82 Å². The molecule has 0 N–H and O–H groups in total. The van der Waals surface area contributed by atoms with Crippen LogP contribution in [-0.4, -0.2) is 15.6 Å². The lowest BCUT2D eigenvalue weighted by Gasteiger charge is -2.04. The van der Waals surface area contributed by atoms with Crippen LogP contribution in [0.2, 0.25) is 5.02 Å². The van der Waals surface area contributed by atoms with Gasteiger partial charge in [0.05, 0.1) is 5.02 Å². The Hall–Kier alpha value is -1.68. The van der Waals surface area contributed by atoms with Gasteiger partial charge < -0.3 is 0 Å². The molecular formula is C13H12ClFN2O. The molecule has 0 aliphatic rings. The molecule has 1 aromatic heterocycles. The molecule has 1 heterocycles. The first-order valence-corrected chi connectivity index (χ1v) is 5.91. The number of nitrogens with zero attached hydrogens (tertiary/aromatic N) is 2. The van der Waals surface area contributed by atoms with E-state index in [1.165, 1.54) is 12.1 Å². The van der Waals surface area contributed by atoms with Gasteiger partial charge in [0.2, 0.25) is 0 Å². The maximum absolute atomic E-state index is 12.9. The summed E-state index contributed by atoms with van der Waals surface area (Å²) in [4.78, 5) is 11.9. The van der Waals surface area contributed by atoms with Crippen molar-refractivity contribution in [1.29, 1.82) is 0 Å². The number of rotatable bonds is 4. The van der Waals surface area contributed by atoms with Crippen LogP contribution < -0.4 is 0 Å². The quantitative estimate of drug-likeness (QED) is 0.798. The molecule has 0 saturated carbocycles. The van der Waals surface area contributed by atoms with E-state index in [4.69, 9.17) is 11.6 Å². The minimum absolute atomic E-state index is 0.0961. The molecule has 5 heteroatoms. The molecule has 2 aromatic rings. The van der Waals surface area contributed by atoms with E-state index in [0.29, 0.717) is 18.4 Å². The van der Waals surface area contributed by atoms with Crippen molar-refractivity contribution in [3.8, 4) is 0 Å². The third-order valence-electron chi connectivity index (χ3n) is 2.76. The summed E-state index contributed by atoms with van der Waals surface area (Å²) in [5, 5.41) is 4.18. The van der Waals surface area contributed by atoms with Gasteiger partial charge in [0, 0.05) is 30.9 Å². The van der Waals surface area contributed by atoms with Crippen LogP contribution in [0.3, 0.4) is 0 Å². The van der Waals surface area contributed by atoms with Gasteiger partial charge in [-0.05, 0) is 30.7 Å². The molecule has 2 rings (SSSR count). The second-order valence-electron chi connectivity index (χ2n) is 3.99. The number of ketones is 1. The lowest BCUT2D eigenvalue weighted by atomic mass is 10.1. The minimum Gasteiger partial charge on any atom is -0.294 e. The molecule has 0 spiro atoms. The summed E-state index contributed by atoms with van der Waals surface area (Å²) in [6.45, 7) is 0. The summed E-state index contributed by atoms with van der Waals surface area (Å²) in [5.74, 6) is -0.538. The summed E-state index contributed by atoms with van der Waals surface area (Å²) < 4.78 is 14.6. The fourth-order valence-electron chi connectivity index (χ4n) is 1.74. The molecule has 0 bridgehead atoms. The average Bonchev–Trinajstić information content (AvgIpc) is 2.72. The molecule has 0 fully saturated rings. The monoisotopic (exact) mass is 266 g/mol. The zero-order valence-corrected chi connectivity index (χ0v) is 10.6. The standard InChI is InChI=1S/C13H12ClFN2O/c1-17-10(6-7-16-17)3-5-13(18)11-4-2-9(15)8-12(11)14/h2,4,6-8H,3,5H2,1H3. The maximum Gasteiger partial charge on any atom is 0.164 e. The molecule has 0 radical (unpaired) electrons. The van der Waals surface area contributed by atoms with E-state index in [1.54, 1.807) is 10.9 Å². The van der Waals surface area contributed by atoms with E-state index in [9.17, 15) is 9.18 Å². The van der Waals surface area contributed by atoms with E-state index in [-0.39, 0.29) is 10.8 Å². The van der Waals surface area contributed by atoms with Gasteiger partial charge in [-0.25, -0.2) is 4.39 Å². The molecule has 0 saturated heterocycles. The van der Waals surface area contributed by atoms with Crippen molar-refractivity contribution < 1.29 is 9.18 Å². The number of Topliss-reactive ketones (excluding diaryl/α,β-unsaturated/α-hetero) is 1. The molecular weight excluding hydrogens is 255 g/mol. The first kappa shape index (κ1) is 12.8. The summed E-state index contributed by atoms with van der Waals surface area (Å²) >= 11 is 5.84. The Labute approximate surface area is 109 Å². The largest absolute Gasteiger partial charge is 0.294 e. The summed E-state index contributed by atoms with van der Waals surface area (Å²) in [6, 6.07) is 5.67. The number of hydrogen-bond acceptors (Lipinski definition) is 2. The normalized spacial score (nSPS) is 10.6. The topological polar surface area (TPSA) is 34.9 Å². The molecule has 0 aliphatic carbocycles. The maximum atomic E-state index is 12.9. The summed E-state index contributed by atoms with van der Waals surface area (Å²) in [5.41, 5.74) is 1.34. The third kappa shape index (κ3) is 2.76. The minimum atomic E-state index is -0.441. The van der Waals surface area contributed by atoms with Crippen LogP contribution >= 0.6 is 11.6 Å². The molecule has 3 nitrogen and oxygen atoms in total. The number of carbonyl (C=O) groups is 1. The number of carbonyl (C=O) groups excluding carboxylic acids is 1. The van der Waals surface area contributed by atoms with E-state index in [1.807, 2.05) is 13.1 Å². The highest BCUT2D eigenvalue weighted by Crippen LogP contribution is 2.19. The fourth-order valence-corrected chi connectivity index (χ4v) is 2.01. The van der Waals surface area contributed by atoms with Crippen LogP contribution in [0, 0.1) is 5.82 Å². The van der Waals surface area contributed by atoms with Crippen molar-refractivity contribution in [2.75, 3.05) is 0 Å². The zero-order valence-electron chi connectivity index (χ0n) is 9.86. The molecule has 1 aromatic carbocycles. The number of benzene rings is 1. The molecule has 0 atom stereocenters. The first-order chi connectivity index (χ1) is 8.58. The van der Waals surface area contributed by atoms with Crippen LogP contribution in [-0.2, 0) is 13.5 Å². The first-order valence-electron chi connectivity index (χ1n) is 5.53. The summed E-state index contributed by atoms with van der Waals surface area (Å²) in [6.07, 6.45) is 2.60. The Morgan fingerprint density at radius 3 is 2.83 bits per heavy atom. The Bertz CT molecular complexity index is 580. The van der Waals surface area contributed by atoms with Gasteiger partial charge in [0.25, 0.3) is 0 Å². The Morgan fingerprint density at radius 1 is 1.44 bits per heavy atom. The van der Waals surface area contributed by atoms with E-state index in [0.717, 1.165) is 11.8 Å². The highest BCUT2D eigenvalue weighted by Gasteiger charge is 2.12. The third-order valence-corrected chi connectivity index (χ3v) is 3.07. The lowest BCUT2D eigenvalue weighted by molar-refractivity contribution is 0.0982. The number of aryl methyl sites for hydroxylation is 2. The number of aromatic nitrogens is 2. The molecule has 0 amide bonds. The van der Waals surface area contributed by atoms with Crippen molar-refractivity contribution in [1.82, 2.24) is 9.78 Å². The van der Waals surface area contributed by atoms with Crippen molar-refractivity contribution in [3.05, 3.63) is 52.6 Å². The summed E-state index contributed by atoms with van der Waals surface area (Å²) in [7, 11) is 1.82. The Morgan fingerprint density at radius 2 is 2.22 bits per heavy atom. The zero-order chi connectivity index (χ0) is 13.1. The predicted molar refractivity (Wildman–Crippen MR) is 67.3 cm³/mol. The predicted octanol–water partition coefficient (Wildman–Crippen LogP) is 3.03. The lowest BCUT2D eigenvalue weighted by Crippen LogP contribution is -2.05.